The van der Waals surface area contributed by atoms with E-state index in [-0.39, 0.29) is 11.8 Å². The molecule has 0 spiro atoms. The molecule has 0 bridgehead atoms. The molecule has 0 saturated heterocycles. The van der Waals surface area contributed by atoms with Crippen molar-refractivity contribution in [3.05, 3.63) is 36.5 Å². The van der Waals surface area contributed by atoms with Crippen LogP contribution in [0.4, 0.5) is 0 Å². The molecule has 0 rings (SSSR count). The Morgan fingerprint density at radius 2 is 1.71 bits per heavy atom. The predicted molar refractivity (Wildman–Crippen MR) is 83.8 cm³/mol. The van der Waals surface area contributed by atoms with E-state index in [0.29, 0.717) is 19.4 Å². The number of rotatable bonds is 11. The van der Waals surface area contributed by atoms with E-state index in [9.17, 15) is 9.59 Å². The Morgan fingerprint density at radius 1 is 1.05 bits per heavy atom. The van der Waals surface area contributed by atoms with Gasteiger partial charge in [0.25, 0.3) is 0 Å². The molecule has 4 heteroatoms. The number of aliphatic hydroxyl groups excluding tert-OH is 1. The number of carbonyl (C=O) groups excluding carboxylic acids is 2. The van der Waals surface area contributed by atoms with Crippen LogP contribution in [0.25, 0.3) is 0 Å². The van der Waals surface area contributed by atoms with Crippen molar-refractivity contribution >= 4 is 11.8 Å². The summed E-state index contributed by atoms with van der Waals surface area (Å²) in [6.45, 7) is 3.88. The number of ketones is 1. The molecule has 1 unspecified atom stereocenters. The topological polar surface area (TPSA) is 63.6 Å². The largest absolute Gasteiger partial charge is 0.466 e. The molecule has 0 saturated carbocycles. The number of ether oxygens (including phenoxy) is 1. The first kappa shape index (κ1) is 19.3. The van der Waals surface area contributed by atoms with Crippen LogP contribution in [-0.4, -0.2) is 29.6 Å². The number of hydrogen-bond donors (Lipinski definition) is 1. The minimum atomic E-state index is -0.463. The van der Waals surface area contributed by atoms with Gasteiger partial charge in [-0.1, -0.05) is 36.8 Å². The highest BCUT2D eigenvalue weighted by Gasteiger charge is 2.01. The van der Waals surface area contributed by atoms with Gasteiger partial charge in [-0.3, -0.25) is 9.59 Å². The second-order valence-corrected chi connectivity index (χ2v) is 4.70. The molecule has 0 aliphatic rings. The predicted octanol–water partition coefficient (Wildman–Crippen LogP) is 3.12. The summed E-state index contributed by atoms with van der Waals surface area (Å²) in [7, 11) is 0. The fourth-order valence-corrected chi connectivity index (χ4v) is 1.58. The second kappa shape index (κ2) is 13.3. The van der Waals surface area contributed by atoms with E-state index < -0.39 is 6.10 Å². The van der Waals surface area contributed by atoms with Gasteiger partial charge in [-0.05, 0) is 32.8 Å². The zero-order valence-corrected chi connectivity index (χ0v) is 13.0. The van der Waals surface area contributed by atoms with Gasteiger partial charge in [0.2, 0.25) is 0 Å². The van der Waals surface area contributed by atoms with E-state index in [1.54, 1.807) is 44.2 Å². The lowest BCUT2D eigenvalue weighted by Gasteiger charge is -2.00. The average molecular weight is 294 g/mol. The third kappa shape index (κ3) is 14.5. The van der Waals surface area contributed by atoms with Crippen molar-refractivity contribution in [3.8, 4) is 0 Å². The molecule has 0 aromatic carbocycles. The molecule has 0 fully saturated rings. The molecule has 0 aromatic heterocycles. The van der Waals surface area contributed by atoms with Gasteiger partial charge in [-0.2, -0.15) is 0 Å². The molecule has 21 heavy (non-hydrogen) atoms. The van der Waals surface area contributed by atoms with E-state index in [0.717, 1.165) is 19.3 Å². The highest BCUT2D eigenvalue weighted by atomic mass is 16.5. The number of esters is 1. The molecule has 4 nitrogen and oxygen atoms in total. The number of hydrogen-bond acceptors (Lipinski definition) is 4. The van der Waals surface area contributed by atoms with E-state index >= 15 is 0 Å². The Morgan fingerprint density at radius 3 is 2.38 bits per heavy atom. The van der Waals surface area contributed by atoms with Gasteiger partial charge in [-0.15, -0.1) is 0 Å². The molecular formula is C17H26O4. The average Bonchev–Trinajstić information content (AvgIpc) is 2.42. The maximum absolute atomic E-state index is 11.5. The van der Waals surface area contributed by atoms with Crippen LogP contribution in [0.2, 0.25) is 0 Å². The van der Waals surface area contributed by atoms with Crippen LogP contribution >= 0.6 is 0 Å². The SMILES string of the molecule is CCOC(=O)CCCCCC(=O)C=CC=CC=CC(C)O. The van der Waals surface area contributed by atoms with Gasteiger partial charge < -0.3 is 9.84 Å². The molecule has 0 heterocycles. The lowest BCUT2D eigenvalue weighted by Crippen LogP contribution is -2.03. The normalized spacial score (nSPS) is 13.3. The summed E-state index contributed by atoms with van der Waals surface area (Å²) in [5, 5.41) is 8.98. The van der Waals surface area contributed by atoms with E-state index in [4.69, 9.17) is 9.84 Å². The standard InChI is InChI=1S/C17H26O4/c1-3-21-17(20)14-10-6-9-13-16(19)12-8-5-4-7-11-15(2)18/h4-5,7-8,11-12,15,18H,3,6,9-10,13-14H2,1-2H3. The van der Waals surface area contributed by atoms with Crippen LogP contribution < -0.4 is 0 Å². The molecule has 0 aromatic rings. The van der Waals surface area contributed by atoms with Crippen molar-refractivity contribution in [1.29, 1.82) is 0 Å². The molecule has 118 valence electrons. The summed E-state index contributed by atoms with van der Waals surface area (Å²) in [6, 6.07) is 0. The van der Waals surface area contributed by atoms with Crippen LogP contribution in [0.15, 0.2) is 36.5 Å². The third-order valence-corrected chi connectivity index (χ3v) is 2.61. The van der Waals surface area contributed by atoms with Gasteiger partial charge in [0.05, 0.1) is 12.7 Å². The fraction of sp³-hybridized carbons (Fsp3) is 0.529. The smallest absolute Gasteiger partial charge is 0.305 e. The monoisotopic (exact) mass is 294 g/mol. The molecule has 1 N–H and O–H groups in total. The Bertz CT molecular complexity index is 378. The fourth-order valence-electron chi connectivity index (χ4n) is 1.58. The molecule has 0 amide bonds. The van der Waals surface area contributed by atoms with Gasteiger partial charge in [0, 0.05) is 12.8 Å². The third-order valence-electron chi connectivity index (χ3n) is 2.61. The molecule has 0 aliphatic carbocycles. The van der Waals surface area contributed by atoms with Crippen LogP contribution in [0.5, 0.6) is 0 Å². The Balaban J connectivity index is 3.64. The molecular weight excluding hydrogens is 268 g/mol. The summed E-state index contributed by atoms with van der Waals surface area (Å²) in [5.41, 5.74) is 0. The Kier molecular flexibility index (Phi) is 12.2. The highest BCUT2D eigenvalue weighted by molar-refractivity contribution is 5.89. The lowest BCUT2D eigenvalue weighted by molar-refractivity contribution is -0.143. The van der Waals surface area contributed by atoms with Gasteiger partial charge in [0.1, 0.15) is 0 Å². The van der Waals surface area contributed by atoms with Crippen LogP contribution in [0, 0.1) is 0 Å². The first-order chi connectivity index (χ1) is 10.1. The summed E-state index contributed by atoms with van der Waals surface area (Å²) >= 11 is 0. The van der Waals surface area contributed by atoms with Crippen molar-refractivity contribution in [2.45, 2.75) is 52.1 Å². The first-order valence-electron chi connectivity index (χ1n) is 7.44. The summed E-state index contributed by atoms with van der Waals surface area (Å²) < 4.78 is 4.82. The maximum atomic E-state index is 11.5. The lowest BCUT2D eigenvalue weighted by atomic mass is 10.1. The molecule has 0 aliphatic heterocycles. The van der Waals surface area contributed by atoms with Crippen molar-refractivity contribution in [2.24, 2.45) is 0 Å². The number of allylic oxidation sites excluding steroid dienone is 5. The summed E-state index contributed by atoms with van der Waals surface area (Å²) in [6.07, 6.45) is 13.0. The number of aliphatic hydroxyl groups is 1. The van der Waals surface area contributed by atoms with Crippen molar-refractivity contribution in [3.63, 3.8) is 0 Å². The van der Waals surface area contributed by atoms with Crippen molar-refractivity contribution < 1.29 is 19.4 Å². The van der Waals surface area contributed by atoms with Crippen molar-refractivity contribution in [1.82, 2.24) is 0 Å². The van der Waals surface area contributed by atoms with Crippen molar-refractivity contribution in [2.75, 3.05) is 6.61 Å². The minimum Gasteiger partial charge on any atom is -0.466 e. The zero-order chi connectivity index (χ0) is 15.9. The first-order valence-corrected chi connectivity index (χ1v) is 7.44. The quantitative estimate of drug-likeness (QED) is 0.275. The second-order valence-electron chi connectivity index (χ2n) is 4.70. The maximum Gasteiger partial charge on any atom is 0.305 e. The van der Waals surface area contributed by atoms with Crippen LogP contribution in [-0.2, 0) is 14.3 Å². The molecule has 1 atom stereocenters. The summed E-state index contributed by atoms with van der Waals surface area (Å²) in [4.78, 5) is 22.6. The van der Waals surface area contributed by atoms with Gasteiger partial charge in [-0.25, -0.2) is 0 Å². The summed E-state index contributed by atoms with van der Waals surface area (Å²) in [5.74, 6) is -0.0885. The minimum absolute atomic E-state index is 0.0790. The Labute approximate surface area is 127 Å². The number of unbranched alkanes of at least 4 members (excludes halogenated alkanes) is 2. The Hall–Kier alpha value is -1.68. The van der Waals surface area contributed by atoms with E-state index in [1.807, 2.05) is 0 Å². The highest BCUT2D eigenvalue weighted by Crippen LogP contribution is 2.05. The zero-order valence-electron chi connectivity index (χ0n) is 13.0. The molecule has 0 radical (unpaired) electrons. The van der Waals surface area contributed by atoms with E-state index in [1.165, 1.54) is 6.08 Å². The van der Waals surface area contributed by atoms with Crippen LogP contribution in [0.3, 0.4) is 0 Å². The van der Waals surface area contributed by atoms with Crippen LogP contribution in [0.1, 0.15) is 46.0 Å². The van der Waals surface area contributed by atoms with E-state index in [2.05, 4.69) is 0 Å². The van der Waals surface area contributed by atoms with Gasteiger partial charge in [0.15, 0.2) is 5.78 Å². The van der Waals surface area contributed by atoms with Gasteiger partial charge >= 0.3 is 5.97 Å². The number of carbonyl (C=O) groups is 2.